The van der Waals surface area contributed by atoms with Crippen molar-refractivity contribution >= 4 is 0 Å². The molecule has 5 atom stereocenters. The molecular formula is C57H82O2. The maximum absolute atomic E-state index is 9.32. The summed E-state index contributed by atoms with van der Waals surface area (Å²) in [7, 11) is 0. The highest BCUT2D eigenvalue weighted by Gasteiger charge is 2.29. The number of benzene rings is 4. The summed E-state index contributed by atoms with van der Waals surface area (Å²) in [5, 5.41) is 18.4. The predicted octanol–water partition coefficient (Wildman–Crippen LogP) is 14.9. The zero-order valence-electron chi connectivity index (χ0n) is 39.2. The lowest BCUT2D eigenvalue weighted by molar-refractivity contribution is 0.279. The Labute approximate surface area is 361 Å². The minimum absolute atomic E-state index is 0.166. The van der Waals surface area contributed by atoms with Gasteiger partial charge in [-0.05, 0) is 199 Å². The number of rotatable bonds is 6. The van der Waals surface area contributed by atoms with Gasteiger partial charge in [-0.15, -0.1) is 0 Å². The summed E-state index contributed by atoms with van der Waals surface area (Å²) in [5.41, 5.74) is 17.5. The van der Waals surface area contributed by atoms with Crippen LogP contribution in [-0.4, -0.2) is 10.2 Å². The summed E-state index contributed by atoms with van der Waals surface area (Å²) in [6, 6.07) is 26.6. The number of fused-ring (bicyclic) bond motifs is 4. The van der Waals surface area contributed by atoms with Crippen molar-refractivity contribution in [2.45, 2.75) is 184 Å². The normalized spacial score (nSPS) is 21.8. The van der Waals surface area contributed by atoms with Gasteiger partial charge in [0.05, 0.1) is 13.2 Å². The van der Waals surface area contributed by atoms with E-state index < -0.39 is 0 Å². The van der Waals surface area contributed by atoms with Gasteiger partial charge >= 0.3 is 0 Å². The van der Waals surface area contributed by atoms with Crippen molar-refractivity contribution in [1.29, 1.82) is 0 Å². The van der Waals surface area contributed by atoms with Gasteiger partial charge in [0, 0.05) is 0 Å². The van der Waals surface area contributed by atoms with Crippen LogP contribution in [-0.2, 0) is 38.9 Å². The number of hydrogen-bond acceptors (Lipinski definition) is 2. The molecule has 2 N–H and O–H groups in total. The Morgan fingerprint density at radius 1 is 0.508 bits per heavy atom. The molecule has 0 saturated heterocycles. The van der Waals surface area contributed by atoms with Gasteiger partial charge in [0.25, 0.3) is 0 Å². The zero-order valence-corrected chi connectivity index (χ0v) is 39.2. The highest BCUT2D eigenvalue weighted by molar-refractivity contribution is 5.43. The predicted molar refractivity (Wildman–Crippen MR) is 254 cm³/mol. The Morgan fingerprint density at radius 3 is 1.73 bits per heavy atom. The third kappa shape index (κ3) is 11.8. The molecule has 8 rings (SSSR count). The highest BCUT2D eigenvalue weighted by atomic mass is 16.3. The first-order chi connectivity index (χ1) is 28.2. The lowest BCUT2D eigenvalue weighted by Crippen LogP contribution is -2.22. The van der Waals surface area contributed by atoms with E-state index in [1.54, 1.807) is 22.3 Å². The maximum atomic E-state index is 9.32. The van der Waals surface area contributed by atoms with Crippen molar-refractivity contribution in [2.75, 3.05) is 0 Å². The highest BCUT2D eigenvalue weighted by Crippen LogP contribution is 2.42. The average molecular weight is 799 g/mol. The van der Waals surface area contributed by atoms with Gasteiger partial charge in [-0.2, -0.15) is 0 Å². The largest absolute Gasteiger partial charge is 0.392 e. The number of aliphatic hydroxyl groups is 2. The molecule has 0 amide bonds. The fourth-order valence-electron chi connectivity index (χ4n) is 11.5. The van der Waals surface area contributed by atoms with Crippen molar-refractivity contribution in [3.63, 3.8) is 0 Å². The summed E-state index contributed by atoms with van der Waals surface area (Å²) in [4.78, 5) is 0. The van der Waals surface area contributed by atoms with Crippen LogP contribution < -0.4 is 0 Å². The van der Waals surface area contributed by atoms with Crippen LogP contribution in [0.4, 0.5) is 0 Å². The van der Waals surface area contributed by atoms with Gasteiger partial charge in [0.15, 0.2) is 0 Å². The molecule has 0 heterocycles. The van der Waals surface area contributed by atoms with E-state index in [1.807, 2.05) is 0 Å². The monoisotopic (exact) mass is 799 g/mol. The standard InChI is InChI=1S/C15H22.2C14H20O.C14H20/c1-10(2)13-6-5-7-14-12(4)8-11(3)9-15(13)14;1-10(2)12-6-4-7-13-11(9-15)5-3-8-14(12)13;1-10(2)13-5-3-4-12-8-11(9-15)6-7-14(12)13;1-10(2)14-11(3)8-9-12-6-4-5-7-13(12)14/h8-10,13H,5-7H2,1-4H3;3,5,8,10,12,15H,4,6-7,9H2,1-2H3;6-8,10,13,15H,3-5,9H2,1-2H3;4-7,10-11,14H,8-9H2,1-3H3. The second-order valence-corrected chi connectivity index (χ2v) is 20.2. The molecule has 2 nitrogen and oxygen atoms in total. The first kappa shape index (κ1) is 46.9. The van der Waals surface area contributed by atoms with Gasteiger partial charge in [-0.25, -0.2) is 0 Å². The maximum Gasteiger partial charge on any atom is 0.0684 e. The molecule has 4 aromatic rings. The molecule has 4 aliphatic rings. The molecule has 0 bridgehead atoms. The van der Waals surface area contributed by atoms with E-state index in [0.717, 1.165) is 59.0 Å². The van der Waals surface area contributed by atoms with Crippen LogP contribution in [0.15, 0.2) is 72.8 Å². The van der Waals surface area contributed by atoms with Crippen LogP contribution in [0.2, 0.25) is 0 Å². The van der Waals surface area contributed by atoms with E-state index in [-0.39, 0.29) is 13.2 Å². The van der Waals surface area contributed by atoms with Gasteiger partial charge in [-0.3, -0.25) is 0 Å². The summed E-state index contributed by atoms with van der Waals surface area (Å²) in [6.45, 7) is 25.9. The van der Waals surface area contributed by atoms with Gasteiger partial charge in [-0.1, -0.05) is 141 Å². The van der Waals surface area contributed by atoms with Gasteiger partial charge in [0.1, 0.15) is 0 Å². The number of aliphatic hydroxyl groups excluding tert-OH is 2. The fourth-order valence-corrected chi connectivity index (χ4v) is 11.5. The van der Waals surface area contributed by atoms with Crippen LogP contribution in [0.25, 0.3) is 0 Å². The molecule has 4 aliphatic carbocycles. The van der Waals surface area contributed by atoms with Crippen molar-refractivity contribution in [3.8, 4) is 0 Å². The molecule has 0 saturated carbocycles. The van der Waals surface area contributed by atoms with Crippen molar-refractivity contribution in [2.24, 2.45) is 29.6 Å². The fraction of sp³-hybridized carbons (Fsp3) is 0.579. The Kier molecular flexibility index (Phi) is 17.5. The zero-order chi connectivity index (χ0) is 42.8. The SMILES string of the molecule is CC(C)C1CCCc2c(CO)cccc21.CC(C)C1CCCc2cc(CO)ccc21.CC(C)C1c2ccccc2CCC1C.Cc1cc(C)c2c(c1)C(C(C)C)CCC2. The smallest absolute Gasteiger partial charge is 0.0684 e. The first-order valence-corrected chi connectivity index (χ1v) is 23.9. The molecule has 59 heavy (non-hydrogen) atoms. The van der Waals surface area contributed by atoms with E-state index in [0.29, 0.717) is 11.8 Å². The Hall–Kier alpha value is -3.20. The molecular weight excluding hydrogens is 717 g/mol. The van der Waals surface area contributed by atoms with E-state index in [4.69, 9.17) is 5.11 Å². The molecule has 0 radical (unpaired) electrons. The summed E-state index contributed by atoms with van der Waals surface area (Å²) < 4.78 is 0. The lowest BCUT2D eigenvalue weighted by Gasteiger charge is -2.34. The summed E-state index contributed by atoms with van der Waals surface area (Å²) in [6.07, 6.45) is 14.2. The minimum Gasteiger partial charge on any atom is -0.392 e. The average Bonchev–Trinajstić information content (AvgIpc) is 3.22. The van der Waals surface area contributed by atoms with Gasteiger partial charge < -0.3 is 10.2 Å². The molecule has 5 unspecified atom stereocenters. The minimum atomic E-state index is 0.166. The van der Waals surface area contributed by atoms with E-state index in [1.165, 1.54) is 97.6 Å². The van der Waals surface area contributed by atoms with E-state index >= 15 is 0 Å². The van der Waals surface area contributed by atoms with Crippen molar-refractivity contribution in [1.82, 2.24) is 0 Å². The molecule has 0 aliphatic heterocycles. The lowest BCUT2D eigenvalue weighted by atomic mass is 9.71. The van der Waals surface area contributed by atoms with E-state index in [9.17, 15) is 5.11 Å². The van der Waals surface area contributed by atoms with Crippen LogP contribution in [0.1, 0.15) is 198 Å². The van der Waals surface area contributed by atoms with Crippen LogP contribution in [0, 0.1) is 43.4 Å². The van der Waals surface area contributed by atoms with Crippen LogP contribution in [0.3, 0.4) is 0 Å². The quantitative estimate of drug-likeness (QED) is 0.204. The second-order valence-electron chi connectivity index (χ2n) is 20.2. The molecule has 0 aromatic heterocycles. The Bertz CT molecular complexity index is 1910. The molecule has 4 aromatic carbocycles. The van der Waals surface area contributed by atoms with Gasteiger partial charge in [0.2, 0.25) is 0 Å². The van der Waals surface area contributed by atoms with Crippen LogP contribution in [0.5, 0.6) is 0 Å². The van der Waals surface area contributed by atoms with Crippen LogP contribution >= 0.6 is 0 Å². The topological polar surface area (TPSA) is 40.5 Å². The second kappa shape index (κ2) is 22.1. The van der Waals surface area contributed by atoms with Crippen molar-refractivity contribution < 1.29 is 10.2 Å². The molecule has 2 heteroatoms. The Morgan fingerprint density at radius 2 is 1.10 bits per heavy atom. The first-order valence-electron chi connectivity index (χ1n) is 23.9. The summed E-state index contributed by atoms with van der Waals surface area (Å²) in [5.74, 6) is 6.83. The number of aryl methyl sites for hydroxylation is 4. The van der Waals surface area contributed by atoms with Crippen molar-refractivity contribution in [3.05, 3.63) is 140 Å². The summed E-state index contributed by atoms with van der Waals surface area (Å²) >= 11 is 0. The van der Waals surface area contributed by atoms with E-state index in [2.05, 4.69) is 149 Å². The Balaban J connectivity index is 0.000000150. The molecule has 0 spiro atoms. The third-order valence-corrected chi connectivity index (χ3v) is 14.6. The number of hydrogen-bond donors (Lipinski definition) is 2. The molecule has 0 fully saturated rings. The third-order valence-electron chi connectivity index (χ3n) is 14.6. The molecule has 322 valence electrons.